The average molecular weight is 398 g/mol. The normalized spacial score (nSPS) is 15.6. The molecule has 1 aliphatic rings. The van der Waals surface area contributed by atoms with E-state index in [-0.39, 0.29) is 0 Å². The number of H-pyrrole nitrogens is 1. The molecule has 156 valence electrons. The van der Waals surface area contributed by atoms with Crippen LogP contribution in [0.1, 0.15) is 24.4 Å². The van der Waals surface area contributed by atoms with Crippen molar-refractivity contribution in [3.63, 3.8) is 0 Å². The number of anilines is 1. The summed E-state index contributed by atoms with van der Waals surface area (Å²) >= 11 is 0. The van der Waals surface area contributed by atoms with Crippen LogP contribution in [0.3, 0.4) is 0 Å². The van der Waals surface area contributed by atoms with Crippen LogP contribution in [0.5, 0.6) is 0 Å². The first-order valence-electron chi connectivity index (χ1n) is 10.4. The molecule has 0 spiro atoms. The molecule has 0 aliphatic carbocycles. The molecule has 0 aromatic carbocycles. The second-order valence-corrected chi connectivity index (χ2v) is 7.79. The smallest absolute Gasteiger partial charge is 0.179 e. The largest absolute Gasteiger partial charge is 0.468 e. The molecule has 0 saturated carbocycles. The molecule has 0 bridgehead atoms. The molecule has 4 heterocycles. The summed E-state index contributed by atoms with van der Waals surface area (Å²) in [6.07, 6.45) is 5.66. The minimum atomic E-state index is 0.720. The van der Waals surface area contributed by atoms with Gasteiger partial charge in [-0.15, -0.1) is 0 Å². The van der Waals surface area contributed by atoms with Crippen molar-refractivity contribution in [2.45, 2.75) is 25.9 Å². The van der Waals surface area contributed by atoms with Gasteiger partial charge in [0.25, 0.3) is 0 Å². The number of unbranched alkanes of at least 4 members (excludes halogenated alkanes) is 1. The lowest BCUT2D eigenvalue weighted by Gasteiger charge is -2.34. The Bertz CT molecular complexity index is 884. The van der Waals surface area contributed by atoms with E-state index in [2.05, 4.69) is 37.8 Å². The molecule has 4 rings (SSSR count). The second kappa shape index (κ2) is 9.39. The highest BCUT2D eigenvalue weighted by Crippen LogP contribution is 2.25. The second-order valence-electron chi connectivity index (χ2n) is 7.79. The molecule has 0 amide bonds. The molecular formula is C21H31N7O. The highest BCUT2D eigenvalue weighted by atomic mass is 16.3. The molecule has 29 heavy (non-hydrogen) atoms. The maximum absolute atomic E-state index is 5.68. The molecule has 8 nitrogen and oxygen atoms in total. The van der Waals surface area contributed by atoms with E-state index in [0.29, 0.717) is 0 Å². The fourth-order valence-corrected chi connectivity index (χ4v) is 3.86. The van der Waals surface area contributed by atoms with Gasteiger partial charge in [0.1, 0.15) is 17.1 Å². The van der Waals surface area contributed by atoms with E-state index in [1.807, 2.05) is 18.3 Å². The number of imidazole rings is 1. The third kappa shape index (κ3) is 4.95. The van der Waals surface area contributed by atoms with E-state index >= 15 is 0 Å². The Morgan fingerprint density at radius 1 is 1.17 bits per heavy atom. The lowest BCUT2D eigenvalue weighted by atomic mass is 10.2. The lowest BCUT2D eigenvalue weighted by molar-refractivity contribution is 0.227. The van der Waals surface area contributed by atoms with Gasteiger partial charge in [-0.2, -0.15) is 0 Å². The van der Waals surface area contributed by atoms with Crippen LogP contribution >= 0.6 is 0 Å². The van der Waals surface area contributed by atoms with Crippen molar-refractivity contribution in [3.05, 3.63) is 42.2 Å². The van der Waals surface area contributed by atoms with Crippen molar-refractivity contribution >= 4 is 16.9 Å². The van der Waals surface area contributed by atoms with Crippen molar-refractivity contribution < 1.29 is 4.42 Å². The molecule has 3 aromatic rings. The molecule has 0 radical (unpaired) electrons. The van der Waals surface area contributed by atoms with Crippen LogP contribution in [0.2, 0.25) is 0 Å². The van der Waals surface area contributed by atoms with Gasteiger partial charge in [0.15, 0.2) is 5.65 Å². The number of aromatic nitrogens is 3. The number of nitrogens with two attached hydrogens (primary N) is 1. The predicted molar refractivity (Wildman–Crippen MR) is 115 cm³/mol. The standard InChI is InChI=1S/C21H31N7O/c1-26-10-12-28(13-11-26)18-6-8-23-21-20(18)24-19(25-21)16-27(9-3-2-7-22)15-17-5-4-14-29-17/h4-6,8,14H,2-3,7,9-13,15-16,22H2,1H3,(H,23,24,25). The number of rotatable bonds is 9. The van der Waals surface area contributed by atoms with E-state index in [0.717, 1.165) is 87.9 Å². The number of hydrogen-bond donors (Lipinski definition) is 2. The maximum Gasteiger partial charge on any atom is 0.179 e. The van der Waals surface area contributed by atoms with Crippen LogP contribution in [-0.4, -0.2) is 71.1 Å². The van der Waals surface area contributed by atoms with E-state index in [4.69, 9.17) is 15.1 Å². The molecule has 3 N–H and O–H groups in total. The van der Waals surface area contributed by atoms with E-state index in [1.54, 1.807) is 6.26 Å². The number of hydrogen-bond acceptors (Lipinski definition) is 7. The zero-order valence-corrected chi connectivity index (χ0v) is 17.2. The first-order chi connectivity index (χ1) is 14.2. The van der Waals surface area contributed by atoms with Gasteiger partial charge in [0.05, 0.1) is 25.0 Å². The minimum absolute atomic E-state index is 0.720. The molecule has 8 heteroatoms. The number of nitrogens with zero attached hydrogens (tertiary/aromatic N) is 5. The summed E-state index contributed by atoms with van der Waals surface area (Å²) < 4.78 is 5.55. The molecule has 3 aromatic heterocycles. The summed E-state index contributed by atoms with van der Waals surface area (Å²) in [6.45, 7) is 7.34. The number of fused-ring (bicyclic) bond motifs is 1. The number of nitrogens with one attached hydrogen (secondary N) is 1. The van der Waals surface area contributed by atoms with Crippen molar-refractivity contribution in [1.29, 1.82) is 0 Å². The molecular weight excluding hydrogens is 366 g/mol. The van der Waals surface area contributed by atoms with Crippen molar-refractivity contribution in [2.24, 2.45) is 5.73 Å². The number of piperazine rings is 1. The van der Waals surface area contributed by atoms with Crippen LogP contribution in [0.25, 0.3) is 11.2 Å². The van der Waals surface area contributed by atoms with Gasteiger partial charge in [-0.25, -0.2) is 9.97 Å². The number of pyridine rings is 1. The van der Waals surface area contributed by atoms with Crippen molar-refractivity contribution in [3.8, 4) is 0 Å². The monoisotopic (exact) mass is 397 g/mol. The summed E-state index contributed by atoms with van der Waals surface area (Å²) in [5.41, 5.74) is 8.70. The minimum Gasteiger partial charge on any atom is -0.468 e. The topological polar surface area (TPSA) is 90.5 Å². The molecule has 1 fully saturated rings. The SMILES string of the molecule is CN1CCN(c2ccnc3nc(CN(CCCCN)Cc4ccco4)[nH]c23)CC1. The van der Waals surface area contributed by atoms with Crippen molar-refractivity contribution in [1.82, 2.24) is 24.8 Å². The van der Waals surface area contributed by atoms with Crippen molar-refractivity contribution in [2.75, 3.05) is 51.2 Å². The Hall–Kier alpha value is -2.42. The quantitative estimate of drug-likeness (QED) is 0.534. The van der Waals surface area contributed by atoms with Gasteiger partial charge >= 0.3 is 0 Å². The fourth-order valence-electron chi connectivity index (χ4n) is 3.86. The summed E-state index contributed by atoms with van der Waals surface area (Å²) in [6, 6.07) is 6.04. The zero-order chi connectivity index (χ0) is 20.1. The molecule has 0 unspecified atom stereocenters. The average Bonchev–Trinajstić information content (AvgIpc) is 3.38. The highest BCUT2D eigenvalue weighted by molar-refractivity contribution is 5.86. The Morgan fingerprint density at radius 2 is 2.03 bits per heavy atom. The summed E-state index contributed by atoms with van der Waals surface area (Å²) in [7, 11) is 2.17. The van der Waals surface area contributed by atoms with Crippen LogP contribution in [0, 0.1) is 0 Å². The van der Waals surface area contributed by atoms with Gasteiger partial charge in [-0.1, -0.05) is 0 Å². The summed E-state index contributed by atoms with van der Waals surface area (Å²) in [4.78, 5) is 20.0. The van der Waals surface area contributed by atoms with Crippen LogP contribution in [0.4, 0.5) is 5.69 Å². The maximum atomic E-state index is 5.68. The predicted octanol–water partition coefficient (Wildman–Crippen LogP) is 2.04. The molecule has 0 atom stereocenters. The Kier molecular flexibility index (Phi) is 6.43. The van der Waals surface area contributed by atoms with Gasteiger partial charge in [0, 0.05) is 32.4 Å². The highest BCUT2D eigenvalue weighted by Gasteiger charge is 2.19. The third-order valence-corrected chi connectivity index (χ3v) is 5.52. The first-order valence-corrected chi connectivity index (χ1v) is 10.4. The summed E-state index contributed by atoms with van der Waals surface area (Å²) in [5.74, 6) is 1.90. The van der Waals surface area contributed by atoms with Crippen LogP contribution in [-0.2, 0) is 13.1 Å². The fraction of sp³-hybridized carbons (Fsp3) is 0.524. The Morgan fingerprint density at radius 3 is 2.79 bits per heavy atom. The summed E-state index contributed by atoms with van der Waals surface area (Å²) in [5, 5.41) is 0. The van der Waals surface area contributed by atoms with E-state index in [9.17, 15) is 0 Å². The van der Waals surface area contributed by atoms with Gasteiger partial charge < -0.3 is 24.9 Å². The lowest BCUT2D eigenvalue weighted by Crippen LogP contribution is -2.44. The Balaban J connectivity index is 1.51. The number of furan rings is 1. The Labute approximate surface area is 171 Å². The van der Waals surface area contributed by atoms with Gasteiger partial charge in [0.2, 0.25) is 0 Å². The zero-order valence-electron chi connectivity index (χ0n) is 17.2. The first kappa shape index (κ1) is 19.9. The number of aromatic amines is 1. The van der Waals surface area contributed by atoms with E-state index in [1.165, 1.54) is 5.69 Å². The van der Waals surface area contributed by atoms with Crippen LogP contribution < -0.4 is 10.6 Å². The molecule has 1 saturated heterocycles. The van der Waals surface area contributed by atoms with Gasteiger partial charge in [-0.05, 0) is 51.2 Å². The number of likely N-dealkylation sites (N-methyl/N-ethyl adjacent to an activating group) is 1. The van der Waals surface area contributed by atoms with Gasteiger partial charge in [-0.3, -0.25) is 4.90 Å². The van der Waals surface area contributed by atoms with Crippen LogP contribution in [0.15, 0.2) is 35.1 Å². The third-order valence-electron chi connectivity index (χ3n) is 5.52. The molecule has 1 aliphatic heterocycles. The van der Waals surface area contributed by atoms with E-state index < -0.39 is 0 Å².